The maximum absolute atomic E-state index is 11.9. The summed E-state index contributed by atoms with van der Waals surface area (Å²) < 4.78 is 11.8. The van der Waals surface area contributed by atoms with Crippen LogP contribution in [0.15, 0.2) is 55.3 Å². The quantitative estimate of drug-likeness (QED) is 0.762. The van der Waals surface area contributed by atoms with Gasteiger partial charge in [0.15, 0.2) is 11.5 Å². The zero-order chi connectivity index (χ0) is 13.9. The van der Waals surface area contributed by atoms with E-state index < -0.39 is 0 Å². The lowest BCUT2D eigenvalue weighted by Gasteiger charge is -2.00. The van der Waals surface area contributed by atoms with Crippen LogP contribution in [0.4, 0.5) is 0 Å². The molecule has 0 radical (unpaired) electrons. The van der Waals surface area contributed by atoms with Crippen LogP contribution in [-0.4, -0.2) is 5.91 Å². The molecule has 1 N–H and O–H groups in total. The minimum Gasteiger partial charge on any atom is -0.461 e. The van der Waals surface area contributed by atoms with Crippen LogP contribution in [0.5, 0.6) is 0 Å². The predicted octanol–water partition coefficient (Wildman–Crippen LogP) is 4.29. The molecule has 0 aliphatic rings. The smallest absolute Gasteiger partial charge is 0.261 e. The first kappa shape index (κ1) is 13.2. The van der Waals surface area contributed by atoms with Crippen LogP contribution in [-0.2, 0) is 6.54 Å². The van der Waals surface area contributed by atoms with Crippen molar-refractivity contribution in [3.8, 4) is 11.5 Å². The molecule has 20 heavy (non-hydrogen) atoms. The van der Waals surface area contributed by atoms with Crippen molar-refractivity contribution in [3.05, 3.63) is 57.1 Å². The molecule has 0 saturated carbocycles. The number of hydrogen-bond acceptors (Lipinski definition) is 4. The second-order valence-corrected chi connectivity index (χ2v) is 5.88. The minimum atomic E-state index is -0.114. The Bertz CT molecular complexity index is 714. The molecule has 0 saturated heterocycles. The Morgan fingerprint density at radius 2 is 2.20 bits per heavy atom. The Hall–Kier alpha value is -1.79. The average molecular weight is 352 g/mol. The van der Waals surface area contributed by atoms with Crippen molar-refractivity contribution in [2.24, 2.45) is 0 Å². The van der Waals surface area contributed by atoms with Crippen LogP contribution in [0.1, 0.15) is 15.4 Å². The number of furan rings is 2. The van der Waals surface area contributed by atoms with E-state index in [2.05, 4.69) is 21.2 Å². The molecule has 0 aliphatic heterocycles. The summed E-state index contributed by atoms with van der Waals surface area (Å²) in [7, 11) is 0. The van der Waals surface area contributed by atoms with Crippen LogP contribution in [0.2, 0.25) is 0 Å². The monoisotopic (exact) mass is 351 g/mol. The van der Waals surface area contributed by atoms with Gasteiger partial charge in [0.1, 0.15) is 5.76 Å². The van der Waals surface area contributed by atoms with Gasteiger partial charge in [0, 0.05) is 9.85 Å². The first-order chi connectivity index (χ1) is 9.72. The van der Waals surface area contributed by atoms with E-state index in [0.717, 1.165) is 4.47 Å². The average Bonchev–Trinajstić information content (AvgIpc) is 3.16. The van der Waals surface area contributed by atoms with Crippen LogP contribution >= 0.6 is 27.3 Å². The van der Waals surface area contributed by atoms with Crippen molar-refractivity contribution in [2.45, 2.75) is 6.54 Å². The van der Waals surface area contributed by atoms with Crippen molar-refractivity contribution >= 4 is 33.2 Å². The molecule has 6 heteroatoms. The van der Waals surface area contributed by atoms with Gasteiger partial charge in [-0.05, 0) is 46.3 Å². The van der Waals surface area contributed by atoms with Crippen molar-refractivity contribution in [2.75, 3.05) is 0 Å². The summed E-state index contributed by atoms with van der Waals surface area (Å²) in [4.78, 5) is 12.5. The van der Waals surface area contributed by atoms with E-state index in [1.165, 1.54) is 11.3 Å². The predicted molar refractivity (Wildman–Crippen MR) is 79.6 cm³/mol. The lowest BCUT2D eigenvalue weighted by atomic mass is 10.3. The molecule has 102 valence electrons. The third-order valence-electron chi connectivity index (χ3n) is 2.64. The Morgan fingerprint density at radius 1 is 1.30 bits per heavy atom. The van der Waals surface area contributed by atoms with E-state index in [-0.39, 0.29) is 5.91 Å². The highest BCUT2D eigenvalue weighted by molar-refractivity contribution is 9.10. The third-order valence-corrected chi connectivity index (χ3v) is 4.33. The number of amides is 1. The fourth-order valence-corrected chi connectivity index (χ4v) is 3.05. The summed E-state index contributed by atoms with van der Waals surface area (Å²) >= 11 is 4.71. The summed E-state index contributed by atoms with van der Waals surface area (Å²) in [6.45, 7) is 0.342. The van der Waals surface area contributed by atoms with Gasteiger partial charge in [0.05, 0.1) is 17.7 Å². The molecule has 3 aromatic rings. The van der Waals surface area contributed by atoms with Gasteiger partial charge in [0.25, 0.3) is 5.91 Å². The van der Waals surface area contributed by atoms with E-state index in [1.807, 2.05) is 23.6 Å². The van der Waals surface area contributed by atoms with Gasteiger partial charge in [-0.1, -0.05) is 0 Å². The fraction of sp³-hybridized carbons (Fsp3) is 0.0714. The largest absolute Gasteiger partial charge is 0.461 e. The highest BCUT2D eigenvalue weighted by atomic mass is 79.9. The zero-order valence-electron chi connectivity index (χ0n) is 10.3. The number of nitrogens with one attached hydrogen (secondary N) is 1. The van der Waals surface area contributed by atoms with Crippen molar-refractivity contribution in [1.82, 2.24) is 5.32 Å². The molecule has 4 nitrogen and oxygen atoms in total. The van der Waals surface area contributed by atoms with E-state index >= 15 is 0 Å². The second-order valence-electron chi connectivity index (χ2n) is 4.06. The highest BCUT2D eigenvalue weighted by Crippen LogP contribution is 2.23. The van der Waals surface area contributed by atoms with Gasteiger partial charge in [-0.15, -0.1) is 11.3 Å². The van der Waals surface area contributed by atoms with E-state index in [0.29, 0.717) is 28.7 Å². The summed E-state index contributed by atoms with van der Waals surface area (Å²) in [6.07, 6.45) is 1.59. The first-order valence-electron chi connectivity index (χ1n) is 5.87. The summed E-state index contributed by atoms with van der Waals surface area (Å²) in [5.41, 5.74) is 0. The highest BCUT2D eigenvalue weighted by Gasteiger charge is 2.10. The van der Waals surface area contributed by atoms with Gasteiger partial charge >= 0.3 is 0 Å². The first-order valence-corrected chi connectivity index (χ1v) is 7.54. The van der Waals surface area contributed by atoms with Crippen molar-refractivity contribution in [1.29, 1.82) is 0 Å². The van der Waals surface area contributed by atoms with Crippen LogP contribution in [0, 0.1) is 0 Å². The Labute approximate surface area is 127 Å². The Balaban J connectivity index is 1.63. The number of thiophene rings is 1. The maximum Gasteiger partial charge on any atom is 0.261 e. The molecule has 0 aromatic carbocycles. The molecule has 3 rings (SSSR count). The van der Waals surface area contributed by atoms with Gasteiger partial charge < -0.3 is 14.2 Å². The van der Waals surface area contributed by atoms with Gasteiger partial charge in [0.2, 0.25) is 0 Å². The number of carbonyl (C=O) groups is 1. The Kier molecular flexibility index (Phi) is 3.75. The summed E-state index contributed by atoms with van der Waals surface area (Å²) in [5, 5.41) is 4.69. The SMILES string of the molecule is O=C(NCc1ccc(-c2ccco2)o1)c1cc(Br)cs1. The molecule has 0 aliphatic carbocycles. The lowest BCUT2D eigenvalue weighted by molar-refractivity contribution is 0.0952. The van der Waals surface area contributed by atoms with Gasteiger partial charge in [-0.2, -0.15) is 0 Å². The van der Waals surface area contributed by atoms with Crippen LogP contribution in [0.3, 0.4) is 0 Å². The topological polar surface area (TPSA) is 55.4 Å². The molecule has 0 fully saturated rings. The normalized spacial score (nSPS) is 10.7. The summed E-state index contributed by atoms with van der Waals surface area (Å²) in [5.74, 6) is 1.89. The van der Waals surface area contributed by atoms with Crippen LogP contribution in [0.25, 0.3) is 11.5 Å². The van der Waals surface area contributed by atoms with Crippen molar-refractivity contribution in [3.63, 3.8) is 0 Å². The lowest BCUT2D eigenvalue weighted by Crippen LogP contribution is -2.21. The van der Waals surface area contributed by atoms with Gasteiger partial charge in [-0.25, -0.2) is 0 Å². The molecule has 0 atom stereocenters. The number of hydrogen-bond donors (Lipinski definition) is 1. The van der Waals surface area contributed by atoms with E-state index in [9.17, 15) is 4.79 Å². The number of rotatable bonds is 4. The molecular formula is C14H10BrNO3S. The standard InChI is InChI=1S/C14H10BrNO3S/c15-9-6-13(20-8-9)14(17)16-7-10-3-4-12(19-10)11-2-1-5-18-11/h1-6,8H,7H2,(H,16,17). The van der Waals surface area contributed by atoms with Crippen LogP contribution < -0.4 is 5.32 Å². The van der Waals surface area contributed by atoms with Gasteiger partial charge in [-0.3, -0.25) is 4.79 Å². The number of halogens is 1. The molecule has 0 unspecified atom stereocenters. The Morgan fingerprint density at radius 3 is 2.90 bits per heavy atom. The molecular weight excluding hydrogens is 342 g/mol. The maximum atomic E-state index is 11.9. The van der Waals surface area contributed by atoms with Crippen molar-refractivity contribution < 1.29 is 13.6 Å². The second kappa shape index (κ2) is 5.68. The van der Waals surface area contributed by atoms with E-state index in [4.69, 9.17) is 8.83 Å². The third kappa shape index (κ3) is 2.86. The molecule has 0 spiro atoms. The molecule has 3 aromatic heterocycles. The minimum absolute atomic E-state index is 0.114. The zero-order valence-corrected chi connectivity index (χ0v) is 12.7. The fourth-order valence-electron chi connectivity index (χ4n) is 1.71. The molecule has 0 bridgehead atoms. The van der Waals surface area contributed by atoms with E-state index in [1.54, 1.807) is 18.4 Å². The molecule has 3 heterocycles. The molecule has 1 amide bonds. The number of carbonyl (C=O) groups excluding carboxylic acids is 1. The summed E-state index contributed by atoms with van der Waals surface area (Å²) in [6, 6.07) is 9.05.